The predicted octanol–water partition coefficient (Wildman–Crippen LogP) is 1.33. The fourth-order valence-corrected chi connectivity index (χ4v) is 1.59. The number of nitrogens with one attached hydrogen (secondary N) is 2. The van der Waals surface area contributed by atoms with Crippen molar-refractivity contribution in [2.24, 2.45) is 0 Å². The van der Waals surface area contributed by atoms with E-state index >= 15 is 0 Å². The number of nitrogens with two attached hydrogens (primary N) is 2. The highest BCUT2D eigenvalue weighted by Crippen LogP contribution is 2.20. The third-order valence-corrected chi connectivity index (χ3v) is 2.67. The number of anilines is 4. The highest BCUT2D eigenvalue weighted by molar-refractivity contribution is 5.89. The molecule has 2 heterocycles. The average Bonchev–Trinajstić information content (AvgIpc) is 2.76. The maximum Gasteiger partial charge on any atom is 0.231 e. The Bertz CT molecular complexity index is 614. The van der Waals surface area contributed by atoms with Crippen molar-refractivity contribution in [2.75, 3.05) is 16.8 Å². The summed E-state index contributed by atoms with van der Waals surface area (Å²) >= 11 is 0. The molecule has 0 aliphatic carbocycles. The Balaban J connectivity index is 2.27. The van der Waals surface area contributed by atoms with Gasteiger partial charge in [-0.1, -0.05) is 0 Å². The van der Waals surface area contributed by atoms with Crippen molar-refractivity contribution in [3.8, 4) is 0 Å². The van der Waals surface area contributed by atoms with E-state index < -0.39 is 0 Å². The fraction of sp³-hybridized carbons (Fsp3) is 0.333. The van der Waals surface area contributed by atoms with Gasteiger partial charge in [0.25, 0.3) is 0 Å². The van der Waals surface area contributed by atoms with Crippen LogP contribution in [0.4, 0.5) is 23.3 Å². The summed E-state index contributed by atoms with van der Waals surface area (Å²) < 4.78 is 1.83. The summed E-state index contributed by atoms with van der Waals surface area (Å²) in [6.07, 6.45) is 4.55. The van der Waals surface area contributed by atoms with E-state index in [1.807, 2.05) is 10.9 Å². The van der Waals surface area contributed by atoms with Gasteiger partial charge in [0, 0.05) is 12.4 Å². The minimum absolute atomic E-state index is 0.108. The summed E-state index contributed by atoms with van der Waals surface area (Å²) in [5.41, 5.74) is 12.4. The summed E-state index contributed by atoms with van der Waals surface area (Å²) in [7, 11) is 0. The van der Waals surface area contributed by atoms with Gasteiger partial charge in [0.15, 0.2) is 0 Å². The van der Waals surface area contributed by atoms with Gasteiger partial charge in [0.1, 0.15) is 11.6 Å². The molecular weight excluding hydrogens is 256 g/mol. The normalized spacial score (nSPS) is 11.3. The van der Waals surface area contributed by atoms with Crippen molar-refractivity contribution in [3.63, 3.8) is 0 Å². The lowest BCUT2D eigenvalue weighted by Gasteiger charge is -2.18. The van der Waals surface area contributed by atoms with Gasteiger partial charge in [0.2, 0.25) is 5.95 Å². The molecule has 0 aliphatic rings. The average molecular weight is 274 g/mol. The lowest BCUT2D eigenvalue weighted by atomic mass is 10.1. The zero-order chi connectivity index (χ0) is 14.9. The van der Waals surface area contributed by atoms with E-state index in [0.717, 1.165) is 11.9 Å². The summed E-state index contributed by atoms with van der Waals surface area (Å²) in [5, 5.41) is 14.4. The summed E-state index contributed by atoms with van der Waals surface area (Å²) in [5.74, 6) is 0.607. The standard InChI is InChI=1S/C12H18N8/c1-12(2,3)20-6-7(5-16-20)17-11-18-9(14)8(4-13)10(15)19-11/h4-6,13H,1-3H3,(H5,14,15,17,18,19). The van der Waals surface area contributed by atoms with Gasteiger partial charge in [-0.25, -0.2) is 0 Å². The van der Waals surface area contributed by atoms with Crippen LogP contribution in [0.3, 0.4) is 0 Å². The largest absolute Gasteiger partial charge is 0.383 e. The smallest absolute Gasteiger partial charge is 0.231 e. The second kappa shape index (κ2) is 4.80. The Morgan fingerprint density at radius 2 is 1.85 bits per heavy atom. The molecule has 0 aromatic carbocycles. The Labute approximate surface area is 116 Å². The summed E-state index contributed by atoms with van der Waals surface area (Å²) in [6, 6.07) is 0. The molecule has 6 N–H and O–H groups in total. The Morgan fingerprint density at radius 1 is 1.25 bits per heavy atom. The van der Waals surface area contributed by atoms with Crippen LogP contribution in [0.15, 0.2) is 12.4 Å². The molecule has 0 fully saturated rings. The van der Waals surface area contributed by atoms with E-state index in [0.29, 0.717) is 5.56 Å². The molecule has 0 saturated carbocycles. The maximum absolute atomic E-state index is 7.19. The zero-order valence-corrected chi connectivity index (χ0v) is 11.7. The van der Waals surface area contributed by atoms with Crippen molar-refractivity contribution < 1.29 is 0 Å². The summed E-state index contributed by atoms with van der Waals surface area (Å²) in [6.45, 7) is 6.15. The van der Waals surface area contributed by atoms with Gasteiger partial charge in [0.05, 0.1) is 23.0 Å². The van der Waals surface area contributed by atoms with Gasteiger partial charge in [-0.2, -0.15) is 15.1 Å². The van der Waals surface area contributed by atoms with E-state index in [4.69, 9.17) is 16.9 Å². The van der Waals surface area contributed by atoms with E-state index in [1.165, 1.54) is 0 Å². The van der Waals surface area contributed by atoms with Crippen LogP contribution in [0.2, 0.25) is 0 Å². The SMILES string of the molecule is CC(C)(C)n1cc(Nc2nc(N)c(C=N)c(N)n2)cn1. The quantitative estimate of drug-likeness (QED) is 0.624. The lowest BCUT2D eigenvalue weighted by molar-refractivity contribution is 0.355. The van der Waals surface area contributed by atoms with Gasteiger partial charge in [-0.3, -0.25) is 4.68 Å². The molecule has 20 heavy (non-hydrogen) atoms. The van der Waals surface area contributed by atoms with Crippen molar-refractivity contribution in [3.05, 3.63) is 18.0 Å². The van der Waals surface area contributed by atoms with Crippen LogP contribution < -0.4 is 16.8 Å². The first-order valence-electron chi connectivity index (χ1n) is 6.07. The molecule has 106 valence electrons. The minimum atomic E-state index is -0.108. The van der Waals surface area contributed by atoms with Crippen LogP contribution in [0.5, 0.6) is 0 Å². The van der Waals surface area contributed by atoms with Crippen molar-refractivity contribution in [1.29, 1.82) is 5.41 Å². The zero-order valence-electron chi connectivity index (χ0n) is 11.7. The van der Waals surface area contributed by atoms with Crippen LogP contribution in [-0.2, 0) is 5.54 Å². The van der Waals surface area contributed by atoms with Gasteiger partial charge in [-0.05, 0) is 20.8 Å². The molecule has 8 heteroatoms. The van der Waals surface area contributed by atoms with Crippen LogP contribution in [-0.4, -0.2) is 26.0 Å². The first-order valence-corrected chi connectivity index (χ1v) is 6.07. The molecule has 0 aliphatic heterocycles. The van der Waals surface area contributed by atoms with Gasteiger partial charge < -0.3 is 22.2 Å². The Hall–Kier alpha value is -2.64. The highest BCUT2D eigenvalue weighted by atomic mass is 15.3. The van der Waals surface area contributed by atoms with E-state index in [9.17, 15) is 0 Å². The molecule has 2 aromatic rings. The van der Waals surface area contributed by atoms with Crippen LogP contribution in [0, 0.1) is 5.41 Å². The monoisotopic (exact) mass is 274 g/mol. The van der Waals surface area contributed by atoms with Gasteiger partial charge >= 0.3 is 0 Å². The van der Waals surface area contributed by atoms with Crippen molar-refractivity contribution >= 4 is 29.5 Å². The third kappa shape index (κ3) is 2.68. The molecule has 0 amide bonds. The molecule has 0 unspecified atom stereocenters. The molecule has 0 spiro atoms. The Morgan fingerprint density at radius 3 is 2.30 bits per heavy atom. The highest BCUT2D eigenvalue weighted by Gasteiger charge is 2.15. The molecule has 8 nitrogen and oxygen atoms in total. The number of aromatic nitrogens is 4. The first-order chi connectivity index (χ1) is 9.31. The molecule has 0 saturated heterocycles. The molecular formula is C12H18N8. The van der Waals surface area contributed by atoms with Crippen LogP contribution in [0.1, 0.15) is 26.3 Å². The number of nitrogens with zero attached hydrogens (tertiary/aromatic N) is 4. The maximum atomic E-state index is 7.19. The van der Waals surface area contributed by atoms with E-state index in [2.05, 4.69) is 41.2 Å². The molecule has 0 bridgehead atoms. The lowest BCUT2D eigenvalue weighted by Crippen LogP contribution is -2.21. The predicted molar refractivity (Wildman–Crippen MR) is 79.2 cm³/mol. The number of hydrogen-bond donors (Lipinski definition) is 4. The van der Waals surface area contributed by atoms with Crippen LogP contribution >= 0.6 is 0 Å². The minimum Gasteiger partial charge on any atom is -0.383 e. The second-order valence-electron chi connectivity index (χ2n) is 5.35. The second-order valence-corrected chi connectivity index (χ2v) is 5.35. The van der Waals surface area contributed by atoms with E-state index in [-0.39, 0.29) is 23.1 Å². The fourth-order valence-electron chi connectivity index (χ4n) is 1.59. The first kappa shape index (κ1) is 13.8. The van der Waals surface area contributed by atoms with Crippen LogP contribution in [0.25, 0.3) is 0 Å². The number of hydrogen-bond acceptors (Lipinski definition) is 7. The Kier molecular flexibility index (Phi) is 3.31. The molecule has 2 rings (SSSR count). The third-order valence-electron chi connectivity index (χ3n) is 2.67. The number of rotatable bonds is 3. The molecule has 2 aromatic heterocycles. The topological polar surface area (TPSA) is 132 Å². The van der Waals surface area contributed by atoms with Crippen molar-refractivity contribution in [2.45, 2.75) is 26.3 Å². The summed E-state index contributed by atoms with van der Waals surface area (Å²) in [4.78, 5) is 8.12. The number of nitrogen functional groups attached to an aromatic ring is 2. The van der Waals surface area contributed by atoms with Crippen molar-refractivity contribution in [1.82, 2.24) is 19.7 Å². The van der Waals surface area contributed by atoms with Gasteiger partial charge in [-0.15, -0.1) is 0 Å². The molecule has 0 atom stereocenters. The van der Waals surface area contributed by atoms with E-state index in [1.54, 1.807) is 6.20 Å². The molecule has 0 radical (unpaired) electrons.